The van der Waals surface area contributed by atoms with Crippen LogP contribution < -0.4 is 5.32 Å². The summed E-state index contributed by atoms with van der Waals surface area (Å²) >= 11 is 0. The number of carbonyl (C=O) groups is 3. The molecule has 0 saturated carbocycles. The second-order valence-electron chi connectivity index (χ2n) is 9.65. The number of halogens is 1. The quantitative estimate of drug-likeness (QED) is 0.415. The Labute approximate surface area is 227 Å². The molecule has 4 rings (SSSR count). The van der Waals surface area contributed by atoms with Crippen molar-refractivity contribution < 1.29 is 27.2 Å². The summed E-state index contributed by atoms with van der Waals surface area (Å²) in [6.45, 7) is 3.23. The second kappa shape index (κ2) is 11.8. The minimum atomic E-state index is -4.09. The third-order valence-electron chi connectivity index (χ3n) is 6.41. The first-order chi connectivity index (χ1) is 18.6. The molecule has 8 nitrogen and oxygen atoms in total. The molecule has 3 aromatic carbocycles. The lowest BCUT2D eigenvalue weighted by atomic mass is 10.0. The molecule has 1 aliphatic heterocycles. The fraction of sp³-hybridized carbons (Fsp3) is 0.276. The normalized spacial score (nSPS) is 14.7. The molecule has 10 heteroatoms. The molecule has 0 radical (unpaired) electrons. The molecule has 39 heavy (non-hydrogen) atoms. The van der Waals surface area contributed by atoms with Crippen molar-refractivity contribution in [3.8, 4) is 0 Å². The summed E-state index contributed by atoms with van der Waals surface area (Å²) in [5.41, 5.74) is 1.48. The number of hydrogen-bond donors (Lipinski definition) is 1. The molecule has 1 atom stereocenters. The van der Waals surface area contributed by atoms with Crippen molar-refractivity contribution in [2.75, 3.05) is 6.54 Å². The van der Waals surface area contributed by atoms with Crippen molar-refractivity contribution in [3.63, 3.8) is 0 Å². The zero-order valence-corrected chi connectivity index (χ0v) is 22.5. The molecular weight excluding hydrogens is 521 g/mol. The minimum Gasteiger partial charge on any atom is -0.352 e. The molecule has 0 bridgehead atoms. The predicted octanol–water partition coefficient (Wildman–Crippen LogP) is 3.53. The summed E-state index contributed by atoms with van der Waals surface area (Å²) in [6.07, 6.45) is -0.126. The lowest BCUT2D eigenvalue weighted by molar-refractivity contribution is -0.141. The first kappa shape index (κ1) is 28.0. The number of nitrogens with one attached hydrogen (secondary N) is 1. The van der Waals surface area contributed by atoms with Crippen molar-refractivity contribution in [2.45, 2.75) is 50.2 Å². The highest BCUT2D eigenvalue weighted by Crippen LogP contribution is 2.30. The Hall–Kier alpha value is -4.05. The SMILES string of the molecule is CC(C)NC(=O)C(Cc1ccccc1)N(Cc1ccc(F)cc1)C(=O)CCN1C(=O)c2ccccc2S1(=O)=O. The molecule has 0 fully saturated rings. The highest BCUT2D eigenvalue weighted by atomic mass is 32.2. The van der Waals surface area contributed by atoms with E-state index in [9.17, 15) is 27.2 Å². The molecule has 204 valence electrons. The molecule has 1 aliphatic rings. The maximum Gasteiger partial charge on any atom is 0.269 e. The third kappa shape index (κ3) is 6.34. The van der Waals surface area contributed by atoms with Crippen molar-refractivity contribution in [3.05, 3.63) is 101 Å². The van der Waals surface area contributed by atoms with E-state index >= 15 is 0 Å². The standard InChI is InChI=1S/C29H30FN3O5S/c1-20(2)31-28(35)25(18-21-8-4-3-5-9-21)32(19-22-12-14-23(30)15-13-22)27(34)16-17-33-29(36)24-10-6-7-11-26(24)39(33,37)38/h3-15,20,25H,16-19H2,1-2H3,(H,31,35). The summed E-state index contributed by atoms with van der Waals surface area (Å²) in [4.78, 5) is 41.2. The van der Waals surface area contributed by atoms with E-state index in [4.69, 9.17) is 0 Å². The summed E-state index contributed by atoms with van der Waals surface area (Å²) in [5.74, 6) is -2.02. The van der Waals surface area contributed by atoms with Crippen molar-refractivity contribution in [1.82, 2.24) is 14.5 Å². The van der Waals surface area contributed by atoms with Crippen LogP contribution in [0.1, 0.15) is 41.8 Å². The van der Waals surface area contributed by atoms with Crippen LogP contribution in [0.4, 0.5) is 4.39 Å². The van der Waals surface area contributed by atoms with E-state index in [1.54, 1.807) is 6.07 Å². The van der Waals surface area contributed by atoms with Gasteiger partial charge in [0.2, 0.25) is 11.8 Å². The smallest absolute Gasteiger partial charge is 0.269 e. The maximum absolute atomic E-state index is 13.7. The van der Waals surface area contributed by atoms with Gasteiger partial charge in [-0.15, -0.1) is 0 Å². The maximum atomic E-state index is 13.7. The van der Waals surface area contributed by atoms with E-state index in [0.29, 0.717) is 9.87 Å². The third-order valence-corrected chi connectivity index (χ3v) is 8.25. The molecule has 0 saturated heterocycles. The van der Waals surface area contributed by atoms with E-state index < -0.39 is 33.7 Å². The van der Waals surface area contributed by atoms with Gasteiger partial charge in [0, 0.05) is 32.0 Å². The molecule has 1 unspecified atom stereocenters. The van der Waals surface area contributed by atoms with E-state index in [-0.39, 0.29) is 48.3 Å². The molecule has 0 spiro atoms. The molecule has 3 aromatic rings. The zero-order valence-electron chi connectivity index (χ0n) is 21.7. The average Bonchev–Trinajstić information content (AvgIpc) is 3.10. The Morgan fingerprint density at radius 2 is 1.56 bits per heavy atom. The summed E-state index contributed by atoms with van der Waals surface area (Å²) < 4.78 is 40.2. The number of carbonyl (C=O) groups excluding carboxylic acids is 3. The molecule has 0 aliphatic carbocycles. The topological polar surface area (TPSA) is 104 Å². The predicted molar refractivity (Wildman–Crippen MR) is 143 cm³/mol. The number of fused-ring (bicyclic) bond motifs is 1. The first-order valence-electron chi connectivity index (χ1n) is 12.6. The van der Waals surface area contributed by atoms with Gasteiger partial charge >= 0.3 is 0 Å². The Kier molecular flexibility index (Phi) is 8.44. The number of rotatable bonds is 10. The van der Waals surface area contributed by atoms with Gasteiger partial charge in [0.05, 0.1) is 5.56 Å². The number of amides is 3. The van der Waals surface area contributed by atoms with Gasteiger partial charge in [0.15, 0.2) is 0 Å². The largest absolute Gasteiger partial charge is 0.352 e. The summed E-state index contributed by atoms with van der Waals surface area (Å²) in [7, 11) is -4.09. The number of benzene rings is 3. The lowest BCUT2D eigenvalue weighted by Gasteiger charge is -2.32. The van der Waals surface area contributed by atoms with Crippen LogP contribution >= 0.6 is 0 Å². The number of sulfonamides is 1. The van der Waals surface area contributed by atoms with E-state index in [1.807, 2.05) is 44.2 Å². The second-order valence-corrected chi connectivity index (χ2v) is 11.5. The van der Waals surface area contributed by atoms with Gasteiger partial charge in [-0.05, 0) is 49.2 Å². The van der Waals surface area contributed by atoms with Crippen LogP contribution in [-0.4, -0.2) is 54.0 Å². The van der Waals surface area contributed by atoms with Gasteiger partial charge in [-0.25, -0.2) is 17.1 Å². The molecule has 1 N–H and O–H groups in total. The lowest BCUT2D eigenvalue weighted by Crippen LogP contribution is -2.52. The van der Waals surface area contributed by atoms with Gasteiger partial charge in [-0.3, -0.25) is 14.4 Å². The van der Waals surface area contributed by atoms with Crippen LogP contribution in [0.3, 0.4) is 0 Å². The van der Waals surface area contributed by atoms with Crippen LogP contribution in [-0.2, 0) is 32.6 Å². The Bertz CT molecular complexity index is 1460. The number of hydrogen-bond acceptors (Lipinski definition) is 5. The fourth-order valence-electron chi connectivity index (χ4n) is 4.51. The van der Waals surface area contributed by atoms with Crippen LogP contribution in [0.2, 0.25) is 0 Å². The van der Waals surface area contributed by atoms with E-state index in [0.717, 1.165) is 5.56 Å². The summed E-state index contributed by atoms with van der Waals surface area (Å²) in [6, 6.07) is 19.6. The highest BCUT2D eigenvalue weighted by Gasteiger charge is 2.41. The van der Waals surface area contributed by atoms with Gasteiger partial charge in [0.1, 0.15) is 16.8 Å². The first-order valence-corrected chi connectivity index (χ1v) is 14.1. The molecular formula is C29H30FN3O5S. The van der Waals surface area contributed by atoms with Gasteiger partial charge in [-0.2, -0.15) is 0 Å². The van der Waals surface area contributed by atoms with E-state index in [2.05, 4.69) is 5.32 Å². The fourth-order valence-corrected chi connectivity index (χ4v) is 6.08. The summed E-state index contributed by atoms with van der Waals surface area (Å²) in [5, 5.41) is 2.87. The molecule has 0 aromatic heterocycles. The van der Waals surface area contributed by atoms with Crippen molar-refractivity contribution in [1.29, 1.82) is 0 Å². The van der Waals surface area contributed by atoms with Gasteiger partial charge < -0.3 is 10.2 Å². The molecule has 1 heterocycles. The van der Waals surface area contributed by atoms with E-state index in [1.165, 1.54) is 47.4 Å². The monoisotopic (exact) mass is 551 g/mol. The van der Waals surface area contributed by atoms with Crippen LogP contribution in [0.25, 0.3) is 0 Å². The minimum absolute atomic E-state index is 0.0109. The van der Waals surface area contributed by atoms with Crippen molar-refractivity contribution >= 4 is 27.7 Å². The van der Waals surface area contributed by atoms with Crippen LogP contribution in [0, 0.1) is 5.82 Å². The Morgan fingerprint density at radius 3 is 2.21 bits per heavy atom. The average molecular weight is 552 g/mol. The Morgan fingerprint density at radius 1 is 0.923 bits per heavy atom. The zero-order chi connectivity index (χ0) is 28.2. The number of nitrogens with zero attached hydrogens (tertiary/aromatic N) is 2. The van der Waals surface area contributed by atoms with Gasteiger partial charge in [-0.1, -0.05) is 54.6 Å². The van der Waals surface area contributed by atoms with Gasteiger partial charge in [0.25, 0.3) is 15.9 Å². The van der Waals surface area contributed by atoms with Crippen LogP contribution in [0.15, 0.2) is 83.8 Å². The highest BCUT2D eigenvalue weighted by molar-refractivity contribution is 7.90. The Balaban J connectivity index is 1.63. The molecule has 3 amide bonds. The van der Waals surface area contributed by atoms with Crippen molar-refractivity contribution in [2.24, 2.45) is 0 Å². The van der Waals surface area contributed by atoms with Crippen LogP contribution in [0.5, 0.6) is 0 Å².